The van der Waals surface area contributed by atoms with E-state index in [9.17, 15) is 4.79 Å². The number of nitrogens with one attached hydrogen (secondary N) is 1. The fourth-order valence-electron chi connectivity index (χ4n) is 1.81. The first-order chi connectivity index (χ1) is 9.72. The smallest absolute Gasteiger partial charge is 0.255 e. The fourth-order valence-corrected chi connectivity index (χ4v) is 2.44. The van der Waals surface area contributed by atoms with E-state index in [0.717, 1.165) is 17.0 Å². The molecule has 2 aromatic carbocycles. The van der Waals surface area contributed by atoms with Crippen LogP contribution >= 0.6 is 23.4 Å². The van der Waals surface area contributed by atoms with Gasteiger partial charge >= 0.3 is 0 Å². The van der Waals surface area contributed by atoms with Crippen LogP contribution in [0.3, 0.4) is 0 Å². The molecule has 0 unspecified atom stereocenters. The summed E-state index contributed by atoms with van der Waals surface area (Å²) >= 11 is 7.35. The number of carbonyl (C=O) groups excluding carboxylic acids is 1. The van der Waals surface area contributed by atoms with E-state index < -0.39 is 0 Å². The number of hydrogen-bond donors (Lipinski definition) is 1. The van der Waals surface area contributed by atoms with Crippen molar-refractivity contribution in [1.29, 1.82) is 0 Å². The van der Waals surface area contributed by atoms with E-state index in [-0.39, 0.29) is 5.91 Å². The lowest BCUT2D eigenvalue weighted by molar-refractivity contribution is 0.102. The van der Waals surface area contributed by atoms with Crippen molar-refractivity contribution in [3.8, 4) is 0 Å². The van der Waals surface area contributed by atoms with Gasteiger partial charge in [-0.05, 0) is 54.6 Å². The Kier molecular flexibility index (Phi) is 5.50. The predicted molar refractivity (Wildman–Crippen MR) is 87.0 cm³/mol. The Morgan fingerprint density at radius 1 is 1.10 bits per heavy atom. The zero-order chi connectivity index (χ0) is 14.4. The van der Waals surface area contributed by atoms with Gasteiger partial charge in [0, 0.05) is 22.0 Å². The molecule has 0 bridgehead atoms. The maximum atomic E-state index is 12.1. The van der Waals surface area contributed by atoms with Crippen molar-refractivity contribution in [3.63, 3.8) is 0 Å². The van der Waals surface area contributed by atoms with Crippen molar-refractivity contribution in [3.05, 3.63) is 59.7 Å². The van der Waals surface area contributed by atoms with Gasteiger partial charge in [-0.15, -0.1) is 23.4 Å². The summed E-state index contributed by atoms with van der Waals surface area (Å²) in [5.74, 6) is 0.510. The normalized spacial score (nSPS) is 10.3. The number of hydrogen-bond acceptors (Lipinski definition) is 2. The second-order valence-corrected chi connectivity index (χ2v) is 5.58. The number of halogens is 1. The highest BCUT2D eigenvalue weighted by Gasteiger charge is 2.05. The molecular formula is C16H16ClNOS. The molecule has 0 atom stereocenters. The Balaban J connectivity index is 2.02. The van der Waals surface area contributed by atoms with Gasteiger partial charge in [0.1, 0.15) is 0 Å². The molecule has 0 saturated carbocycles. The minimum absolute atomic E-state index is 0.0947. The van der Waals surface area contributed by atoms with Crippen molar-refractivity contribution in [2.24, 2.45) is 0 Å². The van der Waals surface area contributed by atoms with Crippen LogP contribution in [0.25, 0.3) is 0 Å². The molecule has 2 aromatic rings. The molecule has 20 heavy (non-hydrogen) atoms. The lowest BCUT2D eigenvalue weighted by atomic mass is 10.1. The number of amides is 1. The van der Waals surface area contributed by atoms with Crippen LogP contribution in [0.15, 0.2) is 53.4 Å². The molecule has 2 rings (SSSR count). The second kappa shape index (κ2) is 7.36. The zero-order valence-corrected chi connectivity index (χ0v) is 12.8. The largest absolute Gasteiger partial charge is 0.322 e. The Morgan fingerprint density at radius 2 is 1.75 bits per heavy atom. The van der Waals surface area contributed by atoms with E-state index >= 15 is 0 Å². The average molecular weight is 306 g/mol. The molecule has 0 aromatic heterocycles. The van der Waals surface area contributed by atoms with Crippen LogP contribution in [0.4, 0.5) is 5.69 Å². The third-order valence-electron chi connectivity index (χ3n) is 2.95. The van der Waals surface area contributed by atoms with Gasteiger partial charge in [-0.3, -0.25) is 4.79 Å². The summed E-state index contributed by atoms with van der Waals surface area (Å²) in [5, 5.41) is 2.89. The Hall–Kier alpha value is -1.45. The Bertz CT molecular complexity index is 566. The molecule has 1 N–H and O–H groups in total. The lowest BCUT2D eigenvalue weighted by Gasteiger charge is -2.06. The Labute approximate surface area is 128 Å². The van der Waals surface area contributed by atoms with Crippen LogP contribution < -0.4 is 5.32 Å². The number of rotatable bonds is 5. The van der Waals surface area contributed by atoms with Gasteiger partial charge < -0.3 is 5.32 Å². The quantitative estimate of drug-likeness (QED) is 0.653. The molecule has 0 heterocycles. The molecular weight excluding hydrogens is 290 g/mol. The summed E-state index contributed by atoms with van der Waals surface area (Å²) < 4.78 is 0. The molecule has 104 valence electrons. The maximum absolute atomic E-state index is 12.1. The summed E-state index contributed by atoms with van der Waals surface area (Å²) in [6.45, 7) is 0. The first-order valence-corrected chi connectivity index (χ1v) is 8.09. The molecule has 0 saturated heterocycles. The van der Waals surface area contributed by atoms with E-state index in [0.29, 0.717) is 11.4 Å². The summed E-state index contributed by atoms with van der Waals surface area (Å²) in [6, 6.07) is 15.3. The van der Waals surface area contributed by atoms with Crippen LogP contribution in [0.2, 0.25) is 0 Å². The highest BCUT2D eigenvalue weighted by Crippen LogP contribution is 2.16. The third kappa shape index (κ3) is 4.02. The summed E-state index contributed by atoms with van der Waals surface area (Å²) in [5.41, 5.74) is 2.62. The number of thioether (sulfide) groups is 1. The first kappa shape index (κ1) is 14.9. The monoisotopic (exact) mass is 305 g/mol. The molecule has 0 fully saturated rings. The molecule has 0 aliphatic rings. The molecule has 0 spiro atoms. The van der Waals surface area contributed by atoms with Crippen LogP contribution in [0.1, 0.15) is 15.9 Å². The summed E-state index contributed by atoms with van der Waals surface area (Å²) in [7, 11) is 0. The van der Waals surface area contributed by atoms with Crippen LogP contribution in [-0.2, 0) is 6.42 Å². The molecule has 4 heteroatoms. The van der Waals surface area contributed by atoms with E-state index in [1.54, 1.807) is 11.8 Å². The van der Waals surface area contributed by atoms with Crippen molar-refractivity contribution in [1.82, 2.24) is 0 Å². The molecule has 1 amide bonds. The molecule has 0 aliphatic carbocycles. The lowest BCUT2D eigenvalue weighted by Crippen LogP contribution is -2.11. The third-order valence-corrected chi connectivity index (χ3v) is 3.88. The topological polar surface area (TPSA) is 29.1 Å². The van der Waals surface area contributed by atoms with Crippen LogP contribution in [0.5, 0.6) is 0 Å². The van der Waals surface area contributed by atoms with E-state index in [2.05, 4.69) is 5.32 Å². The number of benzene rings is 2. The standard InChI is InChI=1S/C16H16ClNOS/c1-20-15-8-4-13(5-9-15)16(19)18-14-6-2-12(3-7-14)10-11-17/h2-9H,10-11H2,1H3,(H,18,19). The van der Waals surface area contributed by atoms with E-state index in [1.807, 2.05) is 54.8 Å². The minimum atomic E-state index is -0.0947. The molecule has 0 aliphatic heterocycles. The van der Waals surface area contributed by atoms with Gasteiger partial charge in [-0.25, -0.2) is 0 Å². The predicted octanol–water partition coefficient (Wildman–Crippen LogP) is 4.44. The van der Waals surface area contributed by atoms with Gasteiger partial charge in [0.05, 0.1) is 0 Å². The van der Waals surface area contributed by atoms with Crippen LogP contribution in [-0.4, -0.2) is 18.0 Å². The maximum Gasteiger partial charge on any atom is 0.255 e. The second-order valence-electron chi connectivity index (χ2n) is 4.32. The minimum Gasteiger partial charge on any atom is -0.322 e. The fraction of sp³-hybridized carbons (Fsp3) is 0.188. The van der Waals surface area contributed by atoms with Gasteiger partial charge in [0.25, 0.3) is 5.91 Å². The van der Waals surface area contributed by atoms with Crippen LogP contribution in [0, 0.1) is 0 Å². The SMILES string of the molecule is CSc1ccc(C(=O)Nc2ccc(CCCl)cc2)cc1. The highest BCUT2D eigenvalue weighted by atomic mass is 35.5. The Morgan fingerprint density at radius 3 is 2.30 bits per heavy atom. The van der Waals surface area contributed by atoms with Crippen molar-refractivity contribution >= 4 is 35.0 Å². The van der Waals surface area contributed by atoms with Gasteiger partial charge in [-0.1, -0.05) is 12.1 Å². The van der Waals surface area contributed by atoms with Gasteiger partial charge in [0.2, 0.25) is 0 Å². The average Bonchev–Trinajstić information content (AvgIpc) is 2.49. The van der Waals surface area contributed by atoms with E-state index in [4.69, 9.17) is 11.6 Å². The van der Waals surface area contributed by atoms with Gasteiger partial charge in [0.15, 0.2) is 0 Å². The van der Waals surface area contributed by atoms with Gasteiger partial charge in [-0.2, -0.15) is 0 Å². The number of anilines is 1. The first-order valence-electron chi connectivity index (χ1n) is 6.33. The number of aryl methyl sites for hydroxylation is 1. The van der Waals surface area contributed by atoms with Crippen molar-refractivity contribution < 1.29 is 4.79 Å². The molecule has 0 radical (unpaired) electrons. The number of alkyl halides is 1. The van der Waals surface area contributed by atoms with Crippen molar-refractivity contribution in [2.45, 2.75) is 11.3 Å². The molecule has 2 nitrogen and oxygen atoms in total. The highest BCUT2D eigenvalue weighted by molar-refractivity contribution is 7.98. The zero-order valence-electron chi connectivity index (χ0n) is 11.2. The summed E-state index contributed by atoms with van der Waals surface area (Å²) in [6.07, 6.45) is 2.85. The van der Waals surface area contributed by atoms with Crippen molar-refractivity contribution in [2.75, 3.05) is 17.5 Å². The van der Waals surface area contributed by atoms with E-state index in [1.165, 1.54) is 5.56 Å². The summed E-state index contributed by atoms with van der Waals surface area (Å²) in [4.78, 5) is 13.2. The number of carbonyl (C=O) groups is 1.